The summed E-state index contributed by atoms with van der Waals surface area (Å²) in [7, 11) is -8.10. The molecule has 2 unspecified atom stereocenters. The Balaban J connectivity index is 1.62. The molecule has 236 valence electrons. The van der Waals surface area contributed by atoms with Crippen molar-refractivity contribution in [3.63, 3.8) is 0 Å². The van der Waals surface area contributed by atoms with E-state index < -0.39 is 43.1 Å². The Hall–Kier alpha value is -4.13. The number of carbonyl (C=O) groups is 2. The first-order valence-corrected chi connectivity index (χ1v) is 17.7. The monoisotopic (exact) mass is 648 g/mol. The Morgan fingerprint density at radius 1 is 1.04 bits per heavy atom. The van der Waals surface area contributed by atoms with Gasteiger partial charge in [-0.3, -0.25) is 19.6 Å². The Morgan fingerprint density at radius 3 is 2.47 bits per heavy atom. The zero-order valence-corrected chi connectivity index (χ0v) is 27.2. The zero-order valence-electron chi connectivity index (χ0n) is 25.5. The minimum atomic E-state index is -4.42. The lowest BCUT2D eigenvalue weighted by Gasteiger charge is -2.43. The van der Waals surface area contributed by atoms with E-state index in [1.54, 1.807) is 30.3 Å². The predicted octanol–water partition coefficient (Wildman–Crippen LogP) is 5.11. The van der Waals surface area contributed by atoms with Gasteiger partial charge in [-0.1, -0.05) is 82.0 Å². The highest BCUT2D eigenvalue weighted by molar-refractivity contribution is 7.92. The molecule has 5 rings (SSSR count). The minimum Gasteiger partial charge on any atom is -0.341 e. The average molecular weight is 649 g/mol. The first-order chi connectivity index (χ1) is 21.0. The molecule has 3 aromatic rings. The van der Waals surface area contributed by atoms with Crippen LogP contribution in [0.2, 0.25) is 0 Å². The number of nitrogens with one attached hydrogen (secondary N) is 3. The fraction of sp³-hybridized carbons (Fsp3) is 0.303. The fourth-order valence-corrected chi connectivity index (χ4v) is 7.46. The Bertz CT molecular complexity index is 1960. The Morgan fingerprint density at radius 2 is 1.78 bits per heavy atom. The van der Waals surface area contributed by atoms with Crippen LogP contribution in [0.15, 0.2) is 82.6 Å². The summed E-state index contributed by atoms with van der Waals surface area (Å²) >= 11 is 0. The number of ketones is 2. The lowest BCUT2D eigenvalue weighted by molar-refractivity contribution is -0.128. The lowest BCUT2D eigenvalue weighted by Crippen LogP contribution is -2.59. The van der Waals surface area contributed by atoms with Crippen molar-refractivity contribution in [2.24, 2.45) is 15.7 Å². The third-order valence-electron chi connectivity index (χ3n) is 7.95. The molecule has 10 nitrogen and oxygen atoms in total. The summed E-state index contributed by atoms with van der Waals surface area (Å²) in [5, 5.41) is 6.42. The van der Waals surface area contributed by atoms with Crippen LogP contribution in [0.25, 0.3) is 6.08 Å². The molecule has 1 aliphatic carbocycles. The predicted molar refractivity (Wildman–Crippen MR) is 176 cm³/mol. The van der Waals surface area contributed by atoms with Gasteiger partial charge in [0.05, 0.1) is 11.9 Å². The summed E-state index contributed by atoms with van der Waals surface area (Å²) in [6.07, 6.45) is 3.64. The van der Waals surface area contributed by atoms with Gasteiger partial charge in [-0.05, 0) is 53.1 Å². The summed E-state index contributed by atoms with van der Waals surface area (Å²) in [6.45, 7) is 10.3. The summed E-state index contributed by atoms with van der Waals surface area (Å²) in [5.74, 6) is -2.90. The average Bonchev–Trinajstić information content (AvgIpc) is 2.96. The van der Waals surface area contributed by atoms with Crippen molar-refractivity contribution in [1.29, 1.82) is 0 Å². The quantitative estimate of drug-likeness (QED) is 0.271. The second-order valence-electron chi connectivity index (χ2n) is 12.6. The molecule has 2 aliphatic rings. The molecular formula is C33H36N4O6S2. The molecule has 1 aliphatic heterocycles. The lowest BCUT2D eigenvalue weighted by atomic mass is 9.66. The standard InChI is InChI=1S/C33H36N4O6S2/c1-6-21-10-9-11-22(18-21)20-34-33(17-16-32(2,3)4)25-13-8-7-12-24(25)29(38)28(30(33)39)31-35-26-15-14-23(36-44(5,40)41)19-27(26)45(42,43)37-31/h6-15,18-19,28,34,36H,1,16-17,20H2,2-5H3,(H,35,37). The molecule has 2 atom stereocenters. The Kier molecular flexibility index (Phi) is 8.36. The Labute approximate surface area is 264 Å². The van der Waals surface area contributed by atoms with Crippen LogP contribution >= 0.6 is 0 Å². The van der Waals surface area contributed by atoms with Crippen molar-refractivity contribution < 1.29 is 26.4 Å². The van der Waals surface area contributed by atoms with Crippen LogP contribution < -0.4 is 15.4 Å². The summed E-state index contributed by atoms with van der Waals surface area (Å²) in [4.78, 5) is 28.6. The maximum absolute atomic E-state index is 14.8. The van der Waals surface area contributed by atoms with Crippen molar-refractivity contribution in [2.75, 3.05) is 16.3 Å². The highest BCUT2D eigenvalue weighted by Gasteiger charge is 2.54. The summed E-state index contributed by atoms with van der Waals surface area (Å²) in [5.41, 5.74) is 1.28. The number of amidine groups is 1. The summed E-state index contributed by atoms with van der Waals surface area (Å²) in [6, 6.07) is 18.5. The van der Waals surface area contributed by atoms with Crippen molar-refractivity contribution in [1.82, 2.24) is 5.32 Å². The molecule has 0 saturated carbocycles. The van der Waals surface area contributed by atoms with Gasteiger partial charge in [-0.15, -0.1) is 4.40 Å². The van der Waals surface area contributed by atoms with Crippen molar-refractivity contribution in [3.8, 4) is 0 Å². The maximum Gasteiger partial charge on any atom is 0.286 e. The third-order valence-corrected chi connectivity index (χ3v) is 9.88. The number of hydrogen-bond acceptors (Lipinski definition) is 8. The van der Waals surface area contributed by atoms with E-state index in [-0.39, 0.29) is 27.5 Å². The number of rotatable bonds is 9. The van der Waals surface area contributed by atoms with Crippen molar-refractivity contribution >= 4 is 54.9 Å². The molecule has 0 aromatic heterocycles. The van der Waals surface area contributed by atoms with Gasteiger partial charge >= 0.3 is 0 Å². The zero-order chi connectivity index (χ0) is 32.8. The van der Waals surface area contributed by atoms with Gasteiger partial charge in [0, 0.05) is 17.8 Å². The molecule has 45 heavy (non-hydrogen) atoms. The number of fused-ring (bicyclic) bond motifs is 2. The molecule has 12 heteroatoms. The first kappa shape index (κ1) is 32.3. The van der Waals surface area contributed by atoms with Gasteiger partial charge in [-0.2, -0.15) is 8.42 Å². The van der Waals surface area contributed by atoms with Crippen LogP contribution in [0.5, 0.6) is 0 Å². The van der Waals surface area contributed by atoms with E-state index in [4.69, 9.17) is 0 Å². The summed E-state index contributed by atoms with van der Waals surface area (Å²) < 4.78 is 56.5. The van der Waals surface area contributed by atoms with Crippen molar-refractivity contribution in [3.05, 3.63) is 95.6 Å². The smallest absolute Gasteiger partial charge is 0.286 e. The maximum atomic E-state index is 14.8. The topological polar surface area (TPSA) is 151 Å². The third kappa shape index (κ3) is 6.63. The molecule has 3 N–H and O–H groups in total. The molecule has 0 fully saturated rings. The number of anilines is 2. The van der Waals surface area contributed by atoms with Gasteiger partial charge in [0.1, 0.15) is 22.2 Å². The van der Waals surface area contributed by atoms with Crippen molar-refractivity contribution in [2.45, 2.75) is 50.6 Å². The second-order valence-corrected chi connectivity index (χ2v) is 16.0. The number of Topliss-reactive ketones (excluding diaryl/α,β-unsaturated/α-hetero) is 2. The molecule has 1 heterocycles. The van der Waals surface area contributed by atoms with E-state index in [1.807, 2.05) is 24.3 Å². The SMILES string of the molecule is C=Cc1cccc(CNC2(CCC(C)(C)C)C(=O)C(C3=NS(=O)(=O)c4cc(NS(C)(=O)=O)ccc4N3)C(=O)c3ccccc32)c1. The molecule has 0 bridgehead atoms. The normalized spacial score (nSPS) is 20.8. The van der Waals surface area contributed by atoms with Crippen LogP contribution in [-0.4, -0.2) is 40.5 Å². The fourth-order valence-electron chi connectivity index (χ4n) is 5.73. The highest BCUT2D eigenvalue weighted by Crippen LogP contribution is 2.43. The van der Waals surface area contributed by atoms with Gasteiger partial charge in [0.15, 0.2) is 11.6 Å². The second kappa shape index (κ2) is 11.7. The molecule has 0 radical (unpaired) electrons. The van der Waals surface area contributed by atoms with E-state index >= 15 is 0 Å². The van der Waals surface area contributed by atoms with E-state index in [2.05, 4.69) is 47.1 Å². The number of sulfonamides is 2. The van der Waals surface area contributed by atoms with Gasteiger partial charge in [-0.25, -0.2) is 8.42 Å². The van der Waals surface area contributed by atoms with E-state index in [1.165, 1.54) is 12.1 Å². The minimum absolute atomic E-state index is 0.0324. The van der Waals surface area contributed by atoms with Crippen LogP contribution in [0.3, 0.4) is 0 Å². The van der Waals surface area contributed by atoms with Gasteiger partial charge in [0.2, 0.25) is 10.0 Å². The van der Waals surface area contributed by atoms with Gasteiger partial charge in [0.25, 0.3) is 10.0 Å². The number of hydrogen-bond donors (Lipinski definition) is 3. The number of benzene rings is 3. The highest BCUT2D eigenvalue weighted by atomic mass is 32.2. The van der Waals surface area contributed by atoms with Crippen LogP contribution in [0, 0.1) is 11.3 Å². The van der Waals surface area contributed by atoms with Crippen LogP contribution in [-0.2, 0) is 36.9 Å². The first-order valence-electron chi connectivity index (χ1n) is 14.4. The number of carbonyl (C=O) groups excluding carboxylic acids is 2. The molecule has 0 spiro atoms. The molecule has 3 aromatic carbocycles. The van der Waals surface area contributed by atoms with Crippen LogP contribution in [0.4, 0.5) is 11.4 Å². The number of nitrogens with zero attached hydrogens (tertiary/aromatic N) is 1. The van der Waals surface area contributed by atoms with Crippen LogP contribution in [0.1, 0.15) is 60.7 Å². The molecule has 0 amide bonds. The van der Waals surface area contributed by atoms with Gasteiger partial charge < -0.3 is 5.32 Å². The molecule has 0 saturated heterocycles. The van der Waals surface area contributed by atoms with E-state index in [0.717, 1.165) is 23.4 Å². The van der Waals surface area contributed by atoms with E-state index in [0.29, 0.717) is 30.5 Å². The largest absolute Gasteiger partial charge is 0.341 e. The molecular weight excluding hydrogens is 613 g/mol. The van der Waals surface area contributed by atoms with E-state index in [9.17, 15) is 26.4 Å².